The number of aliphatic hydroxyl groups excluding tert-OH is 1. The molecule has 1 atom stereocenters. The highest BCUT2D eigenvalue weighted by Gasteiger charge is 2.24. The Balaban J connectivity index is 1.82. The zero-order valence-corrected chi connectivity index (χ0v) is 14.0. The van der Waals surface area contributed by atoms with E-state index >= 15 is 0 Å². The topological polar surface area (TPSA) is 56.7 Å². The van der Waals surface area contributed by atoms with E-state index < -0.39 is 0 Å². The van der Waals surface area contributed by atoms with Crippen molar-refractivity contribution in [3.8, 4) is 0 Å². The number of aliphatic hydroxyl groups is 1. The molecule has 5 nitrogen and oxygen atoms in total. The summed E-state index contributed by atoms with van der Waals surface area (Å²) in [5.41, 5.74) is 1.77. The van der Waals surface area contributed by atoms with Gasteiger partial charge in [-0.25, -0.2) is 4.39 Å². The third kappa shape index (κ3) is 3.55. The van der Waals surface area contributed by atoms with Gasteiger partial charge < -0.3 is 10.0 Å². The fraction of sp³-hybridized carbons (Fsp3) is 0.444. The van der Waals surface area contributed by atoms with Crippen LogP contribution in [0, 0.1) is 12.7 Å². The van der Waals surface area contributed by atoms with Gasteiger partial charge in [-0.15, -0.1) is 0 Å². The zero-order valence-electron chi connectivity index (χ0n) is 14.0. The molecular formula is C18H22FN3O2. The van der Waals surface area contributed by atoms with E-state index in [0.717, 1.165) is 13.1 Å². The van der Waals surface area contributed by atoms with E-state index in [-0.39, 0.29) is 17.8 Å². The first-order valence-electron chi connectivity index (χ1n) is 8.20. The highest BCUT2D eigenvalue weighted by molar-refractivity contribution is 6.06. The monoisotopic (exact) mass is 331 g/mol. The molecular weight excluding hydrogens is 309 g/mol. The van der Waals surface area contributed by atoms with Gasteiger partial charge in [-0.3, -0.25) is 14.7 Å². The molecule has 0 aliphatic carbocycles. The van der Waals surface area contributed by atoms with Gasteiger partial charge in [0.2, 0.25) is 0 Å². The second-order valence-corrected chi connectivity index (χ2v) is 6.41. The number of halogens is 1. The molecule has 6 heteroatoms. The number of rotatable bonds is 3. The van der Waals surface area contributed by atoms with Gasteiger partial charge >= 0.3 is 0 Å². The number of β-amino-alcohol motifs (C(OH)–C–C–N with tert-alkyl or cyclic N) is 1. The molecule has 2 aromatic rings. The van der Waals surface area contributed by atoms with E-state index in [0.29, 0.717) is 41.8 Å². The fourth-order valence-corrected chi connectivity index (χ4v) is 3.19. The summed E-state index contributed by atoms with van der Waals surface area (Å²) in [6, 6.07) is 6.11. The average molecular weight is 331 g/mol. The predicted molar refractivity (Wildman–Crippen MR) is 90.5 cm³/mol. The number of benzene rings is 1. The molecule has 2 heterocycles. The predicted octanol–water partition coefficient (Wildman–Crippen LogP) is 1.82. The summed E-state index contributed by atoms with van der Waals surface area (Å²) in [4.78, 5) is 21.2. The molecule has 0 radical (unpaired) electrons. The highest BCUT2D eigenvalue weighted by atomic mass is 19.1. The Bertz CT molecular complexity index is 750. The highest BCUT2D eigenvalue weighted by Crippen LogP contribution is 2.21. The largest absolute Gasteiger partial charge is 0.392 e. The van der Waals surface area contributed by atoms with Crippen LogP contribution in [0.5, 0.6) is 0 Å². The first-order chi connectivity index (χ1) is 11.4. The molecule has 1 amide bonds. The van der Waals surface area contributed by atoms with Crippen molar-refractivity contribution in [1.29, 1.82) is 0 Å². The second-order valence-electron chi connectivity index (χ2n) is 6.41. The lowest BCUT2D eigenvalue weighted by molar-refractivity contribution is 0.0555. The quantitative estimate of drug-likeness (QED) is 0.932. The van der Waals surface area contributed by atoms with E-state index in [2.05, 4.69) is 9.88 Å². The number of piperazine rings is 1. The Morgan fingerprint density at radius 3 is 2.67 bits per heavy atom. The van der Waals surface area contributed by atoms with Crippen molar-refractivity contribution < 1.29 is 14.3 Å². The van der Waals surface area contributed by atoms with Gasteiger partial charge in [0.25, 0.3) is 5.91 Å². The molecule has 1 aromatic heterocycles. The fourth-order valence-electron chi connectivity index (χ4n) is 3.19. The molecule has 1 saturated heterocycles. The zero-order chi connectivity index (χ0) is 17.3. The van der Waals surface area contributed by atoms with Gasteiger partial charge in [0.05, 0.1) is 17.2 Å². The molecule has 24 heavy (non-hydrogen) atoms. The molecule has 1 fully saturated rings. The van der Waals surface area contributed by atoms with Crippen LogP contribution in [0.2, 0.25) is 0 Å². The summed E-state index contributed by atoms with van der Waals surface area (Å²) in [6.07, 6.45) is -0.367. The van der Waals surface area contributed by atoms with Gasteiger partial charge in [0.15, 0.2) is 0 Å². The second kappa shape index (κ2) is 6.83. The minimum Gasteiger partial charge on any atom is -0.392 e. The van der Waals surface area contributed by atoms with Gasteiger partial charge in [0, 0.05) is 49.9 Å². The number of fused-ring (bicyclic) bond motifs is 1. The summed E-state index contributed by atoms with van der Waals surface area (Å²) in [6.45, 7) is 6.93. The van der Waals surface area contributed by atoms with Crippen LogP contribution in [0.1, 0.15) is 23.0 Å². The van der Waals surface area contributed by atoms with E-state index in [1.54, 1.807) is 19.1 Å². The van der Waals surface area contributed by atoms with Crippen molar-refractivity contribution in [3.05, 3.63) is 41.3 Å². The van der Waals surface area contributed by atoms with E-state index in [1.165, 1.54) is 12.1 Å². The van der Waals surface area contributed by atoms with Crippen molar-refractivity contribution in [1.82, 2.24) is 14.8 Å². The first-order valence-corrected chi connectivity index (χ1v) is 8.20. The number of nitrogens with zero attached hydrogens (tertiary/aromatic N) is 3. The van der Waals surface area contributed by atoms with Crippen molar-refractivity contribution in [2.75, 3.05) is 32.7 Å². The first kappa shape index (κ1) is 16.8. The van der Waals surface area contributed by atoms with Gasteiger partial charge in [-0.1, -0.05) is 0 Å². The minimum atomic E-state index is -0.367. The smallest absolute Gasteiger partial charge is 0.254 e. The summed E-state index contributed by atoms with van der Waals surface area (Å²) >= 11 is 0. The third-order valence-electron chi connectivity index (χ3n) is 4.31. The Hall–Kier alpha value is -2.05. The van der Waals surface area contributed by atoms with Crippen LogP contribution in [0.4, 0.5) is 4.39 Å². The molecule has 1 N–H and O–H groups in total. The number of carbonyl (C=O) groups excluding carboxylic acids is 1. The molecule has 1 aliphatic rings. The summed E-state index contributed by atoms with van der Waals surface area (Å²) in [5, 5.41) is 10.1. The van der Waals surface area contributed by atoms with Crippen molar-refractivity contribution >= 4 is 16.8 Å². The van der Waals surface area contributed by atoms with Crippen molar-refractivity contribution in [2.45, 2.75) is 20.0 Å². The van der Waals surface area contributed by atoms with Crippen LogP contribution >= 0.6 is 0 Å². The summed E-state index contributed by atoms with van der Waals surface area (Å²) in [7, 11) is 0. The summed E-state index contributed by atoms with van der Waals surface area (Å²) in [5.74, 6) is -0.403. The minimum absolute atomic E-state index is 0.0474. The maximum Gasteiger partial charge on any atom is 0.254 e. The number of carbonyl (C=O) groups is 1. The molecule has 0 bridgehead atoms. The number of pyridine rings is 1. The lowest BCUT2D eigenvalue weighted by atomic mass is 10.1. The van der Waals surface area contributed by atoms with Crippen LogP contribution < -0.4 is 0 Å². The van der Waals surface area contributed by atoms with Crippen LogP contribution in [0.3, 0.4) is 0 Å². The molecule has 3 rings (SSSR count). The van der Waals surface area contributed by atoms with Gasteiger partial charge in [-0.05, 0) is 32.0 Å². The van der Waals surface area contributed by atoms with Crippen LogP contribution in [-0.4, -0.2) is 64.6 Å². The molecule has 0 saturated carbocycles. The van der Waals surface area contributed by atoms with E-state index in [1.807, 2.05) is 11.8 Å². The van der Waals surface area contributed by atoms with Crippen LogP contribution in [-0.2, 0) is 0 Å². The van der Waals surface area contributed by atoms with Crippen LogP contribution in [0.15, 0.2) is 24.3 Å². The Morgan fingerprint density at radius 2 is 2.00 bits per heavy atom. The van der Waals surface area contributed by atoms with Gasteiger partial charge in [-0.2, -0.15) is 0 Å². The number of amides is 1. The standard InChI is InChI=1S/C18H22FN3O2/c1-12-9-16(15-4-3-14(19)10-17(15)20-12)18(24)22-7-5-21(6-8-22)11-13(2)23/h3-4,9-10,13,23H,5-8,11H2,1-2H3/t13-/m1/s1. The molecule has 128 valence electrons. The lowest BCUT2D eigenvalue weighted by Gasteiger charge is -2.35. The third-order valence-corrected chi connectivity index (χ3v) is 4.31. The number of hydrogen-bond donors (Lipinski definition) is 1. The van der Waals surface area contributed by atoms with Crippen molar-refractivity contribution in [2.24, 2.45) is 0 Å². The maximum atomic E-state index is 13.4. The molecule has 1 aliphatic heterocycles. The lowest BCUT2D eigenvalue weighted by Crippen LogP contribution is -2.50. The van der Waals surface area contributed by atoms with Crippen molar-refractivity contribution in [3.63, 3.8) is 0 Å². The SMILES string of the molecule is Cc1cc(C(=O)N2CCN(C[C@@H](C)O)CC2)c2ccc(F)cc2n1. The average Bonchev–Trinajstić information content (AvgIpc) is 2.53. The number of aryl methyl sites for hydroxylation is 1. The van der Waals surface area contributed by atoms with E-state index in [9.17, 15) is 14.3 Å². The van der Waals surface area contributed by atoms with E-state index in [4.69, 9.17) is 0 Å². The number of aromatic nitrogens is 1. The number of hydrogen-bond acceptors (Lipinski definition) is 4. The Labute approximate surface area is 140 Å². The summed E-state index contributed by atoms with van der Waals surface area (Å²) < 4.78 is 13.4. The molecule has 1 aromatic carbocycles. The maximum absolute atomic E-state index is 13.4. The Kier molecular flexibility index (Phi) is 4.78. The van der Waals surface area contributed by atoms with Gasteiger partial charge in [0.1, 0.15) is 5.82 Å². The van der Waals surface area contributed by atoms with Crippen LogP contribution in [0.25, 0.3) is 10.9 Å². The molecule has 0 unspecified atom stereocenters. The Morgan fingerprint density at radius 1 is 1.29 bits per heavy atom. The molecule has 0 spiro atoms. The normalized spacial score (nSPS) is 17.2.